The lowest BCUT2D eigenvalue weighted by atomic mass is 9.97. The first-order chi connectivity index (χ1) is 8.56. The summed E-state index contributed by atoms with van der Waals surface area (Å²) >= 11 is 0. The van der Waals surface area contributed by atoms with Crippen LogP contribution >= 0.6 is 0 Å². The van der Waals surface area contributed by atoms with E-state index in [0.717, 1.165) is 0 Å². The molecule has 1 atom stereocenters. The number of hydrogen-bond acceptors (Lipinski definition) is 2. The fourth-order valence-corrected chi connectivity index (χ4v) is 1.98. The van der Waals surface area contributed by atoms with Crippen LogP contribution in [0.4, 0.5) is 8.78 Å². The lowest BCUT2D eigenvalue weighted by Crippen LogP contribution is -2.15. The zero-order valence-corrected chi connectivity index (χ0v) is 10.3. The zero-order valence-electron chi connectivity index (χ0n) is 10.3. The smallest absolute Gasteiger partial charge is 0.164 e. The van der Waals surface area contributed by atoms with E-state index in [0.29, 0.717) is 17.7 Å². The summed E-state index contributed by atoms with van der Waals surface area (Å²) in [6.45, 7) is 3.43. The maximum atomic E-state index is 13.9. The van der Waals surface area contributed by atoms with Crippen LogP contribution in [0, 0.1) is 18.6 Å². The highest BCUT2D eigenvalue weighted by Crippen LogP contribution is 2.28. The van der Waals surface area contributed by atoms with Gasteiger partial charge in [-0.1, -0.05) is 19.1 Å². The normalized spacial score (nSPS) is 12.7. The molecule has 0 radical (unpaired) electrons. The number of aryl methyl sites for hydroxylation is 2. The number of halogens is 2. The van der Waals surface area contributed by atoms with Gasteiger partial charge in [-0.3, -0.25) is 0 Å². The predicted octanol–water partition coefficient (Wildman–Crippen LogP) is 3.48. The molecule has 0 saturated carbocycles. The highest BCUT2D eigenvalue weighted by atomic mass is 19.2. The maximum Gasteiger partial charge on any atom is 0.164 e. The minimum Gasteiger partial charge on any atom is -0.469 e. The molecule has 0 spiro atoms. The first-order valence-electron chi connectivity index (χ1n) is 5.82. The average Bonchev–Trinajstić information content (AvgIpc) is 2.83. The Labute approximate surface area is 104 Å². The zero-order chi connectivity index (χ0) is 13.3. The van der Waals surface area contributed by atoms with Gasteiger partial charge in [-0.25, -0.2) is 8.78 Å². The molecule has 0 saturated heterocycles. The van der Waals surface area contributed by atoms with Gasteiger partial charge in [0.05, 0.1) is 12.3 Å². The maximum absolute atomic E-state index is 13.9. The van der Waals surface area contributed by atoms with Gasteiger partial charge in [0.2, 0.25) is 0 Å². The fraction of sp³-hybridized carbons (Fsp3) is 0.286. The quantitative estimate of drug-likeness (QED) is 0.907. The summed E-state index contributed by atoms with van der Waals surface area (Å²) in [5.41, 5.74) is 7.10. The second-order valence-corrected chi connectivity index (χ2v) is 4.23. The number of rotatable bonds is 3. The van der Waals surface area contributed by atoms with Crippen LogP contribution in [0.2, 0.25) is 0 Å². The van der Waals surface area contributed by atoms with E-state index in [1.165, 1.54) is 25.3 Å². The van der Waals surface area contributed by atoms with Crippen molar-refractivity contribution in [2.45, 2.75) is 26.3 Å². The summed E-state index contributed by atoms with van der Waals surface area (Å²) in [6.07, 6.45) is 2.17. The third-order valence-corrected chi connectivity index (χ3v) is 3.08. The second-order valence-electron chi connectivity index (χ2n) is 4.23. The molecule has 1 heterocycles. The first-order valence-corrected chi connectivity index (χ1v) is 5.82. The summed E-state index contributed by atoms with van der Waals surface area (Å²) in [4.78, 5) is 0. The number of hydrogen-bond donors (Lipinski definition) is 1. The van der Waals surface area contributed by atoms with E-state index in [1.807, 2.05) is 6.92 Å². The van der Waals surface area contributed by atoms with Crippen LogP contribution in [0.1, 0.15) is 35.4 Å². The molecule has 2 nitrogen and oxygen atoms in total. The largest absolute Gasteiger partial charge is 0.469 e. The summed E-state index contributed by atoms with van der Waals surface area (Å²) in [7, 11) is 0. The van der Waals surface area contributed by atoms with Crippen LogP contribution in [0.25, 0.3) is 0 Å². The van der Waals surface area contributed by atoms with Crippen molar-refractivity contribution in [3.8, 4) is 0 Å². The Morgan fingerprint density at radius 2 is 1.89 bits per heavy atom. The van der Waals surface area contributed by atoms with Crippen LogP contribution in [0.15, 0.2) is 28.9 Å². The van der Waals surface area contributed by atoms with Gasteiger partial charge >= 0.3 is 0 Å². The van der Waals surface area contributed by atoms with Crippen molar-refractivity contribution in [1.82, 2.24) is 0 Å². The van der Waals surface area contributed by atoms with Gasteiger partial charge in [0.15, 0.2) is 11.6 Å². The van der Waals surface area contributed by atoms with E-state index >= 15 is 0 Å². The SMILES string of the molecule is CCc1occc1C(N)c1ccc(C)c(F)c1F. The van der Waals surface area contributed by atoms with Crippen LogP contribution in [0.3, 0.4) is 0 Å². The lowest BCUT2D eigenvalue weighted by Gasteiger charge is -2.14. The minimum atomic E-state index is -0.884. The minimum absolute atomic E-state index is 0.147. The Bertz CT molecular complexity index is 563. The Morgan fingerprint density at radius 1 is 1.17 bits per heavy atom. The molecule has 2 aromatic rings. The molecule has 1 aromatic carbocycles. The summed E-state index contributed by atoms with van der Waals surface area (Å²) in [5, 5.41) is 0. The molecule has 0 fully saturated rings. The molecule has 0 aliphatic rings. The summed E-state index contributed by atoms with van der Waals surface area (Å²) in [5.74, 6) is -1.03. The molecular formula is C14H15F2NO. The topological polar surface area (TPSA) is 39.2 Å². The van der Waals surface area contributed by atoms with Crippen LogP contribution in [0.5, 0.6) is 0 Å². The van der Waals surface area contributed by atoms with Crippen molar-refractivity contribution in [3.05, 3.63) is 58.5 Å². The van der Waals surface area contributed by atoms with Crippen molar-refractivity contribution in [1.29, 1.82) is 0 Å². The van der Waals surface area contributed by atoms with Gasteiger partial charge in [-0.05, 0) is 18.6 Å². The van der Waals surface area contributed by atoms with Gasteiger partial charge < -0.3 is 10.2 Å². The third kappa shape index (κ3) is 2.04. The Kier molecular flexibility index (Phi) is 3.48. The molecule has 0 aliphatic heterocycles. The Hall–Kier alpha value is -1.68. The molecule has 0 bridgehead atoms. The van der Waals surface area contributed by atoms with Crippen molar-refractivity contribution >= 4 is 0 Å². The van der Waals surface area contributed by atoms with Crippen LogP contribution in [-0.2, 0) is 6.42 Å². The van der Waals surface area contributed by atoms with Gasteiger partial charge in [-0.2, -0.15) is 0 Å². The molecule has 4 heteroatoms. The van der Waals surface area contributed by atoms with Crippen molar-refractivity contribution in [2.24, 2.45) is 5.73 Å². The van der Waals surface area contributed by atoms with Crippen molar-refractivity contribution < 1.29 is 13.2 Å². The van der Waals surface area contributed by atoms with Gasteiger partial charge in [0.25, 0.3) is 0 Å². The molecule has 1 unspecified atom stereocenters. The van der Waals surface area contributed by atoms with Crippen LogP contribution in [-0.4, -0.2) is 0 Å². The second kappa shape index (κ2) is 4.90. The van der Waals surface area contributed by atoms with E-state index in [2.05, 4.69) is 0 Å². The van der Waals surface area contributed by atoms with E-state index in [-0.39, 0.29) is 11.1 Å². The number of benzene rings is 1. The lowest BCUT2D eigenvalue weighted by molar-refractivity contribution is 0.485. The number of nitrogens with two attached hydrogens (primary N) is 1. The standard InChI is InChI=1S/C14H15F2NO/c1-3-11-9(6-7-18-11)14(17)10-5-4-8(2)12(15)13(10)16/h4-7,14H,3,17H2,1-2H3. The van der Waals surface area contributed by atoms with E-state index < -0.39 is 17.7 Å². The van der Waals surface area contributed by atoms with E-state index in [9.17, 15) is 8.78 Å². The third-order valence-electron chi connectivity index (χ3n) is 3.08. The molecule has 1 aromatic heterocycles. The average molecular weight is 251 g/mol. The van der Waals surface area contributed by atoms with E-state index in [1.54, 1.807) is 6.07 Å². The summed E-state index contributed by atoms with van der Waals surface area (Å²) < 4.78 is 32.6. The first kappa shape index (κ1) is 12.8. The monoisotopic (exact) mass is 251 g/mol. The molecule has 2 N–H and O–H groups in total. The molecule has 96 valence electrons. The highest BCUT2D eigenvalue weighted by molar-refractivity contribution is 5.36. The number of furan rings is 1. The molecule has 0 aliphatic carbocycles. The molecule has 2 rings (SSSR count). The van der Waals surface area contributed by atoms with Gasteiger partial charge in [-0.15, -0.1) is 0 Å². The Morgan fingerprint density at radius 3 is 2.56 bits per heavy atom. The van der Waals surface area contributed by atoms with Gasteiger partial charge in [0, 0.05) is 17.5 Å². The highest BCUT2D eigenvalue weighted by Gasteiger charge is 2.21. The van der Waals surface area contributed by atoms with E-state index in [4.69, 9.17) is 10.2 Å². The molecule has 18 heavy (non-hydrogen) atoms. The molecular weight excluding hydrogens is 236 g/mol. The van der Waals surface area contributed by atoms with Crippen molar-refractivity contribution in [2.75, 3.05) is 0 Å². The predicted molar refractivity (Wildman–Crippen MR) is 65.2 cm³/mol. The summed E-state index contributed by atoms with van der Waals surface area (Å²) in [6, 6.07) is 4.03. The van der Waals surface area contributed by atoms with Crippen LogP contribution < -0.4 is 5.73 Å². The fourth-order valence-electron chi connectivity index (χ4n) is 1.98. The Balaban J connectivity index is 2.46. The van der Waals surface area contributed by atoms with Gasteiger partial charge in [0.1, 0.15) is 5.76 Å². The van der Waals surface area contributed by atoms with Crippen molar-refractivity contribution in [3.63, 3.8) is 0 Å². The molecule has 0 amide bonds.